The second-order valence-corrected chi connectivity index (χ2v) is 29.6. The van der Waals surface area contributed by atoms with Gasteiger partial charge in [-0.05, 0) is 124 Å². The van der Waals surface area contributed by atoms with Gasteiger partial charge in [-0.15, -0.1) is 0 Å². The van der Waals surface area contributed by atoms with Crippen molar-refractivity contribution in [3.05, 3.63) is 254 Å². The third-order valence-electron chi connectivity index (χ3n) is 16.0. The molecule has 0 N–H and O–H groups in total. The van der Waals surface area contributed by atoms with Crippen molar-refractivity contribution < 1.29 is 0 Å². The summed E-state index contributed by atoms with van der Waals surface area (Å²) in [6.07, 6.45) is 0. The average Bonchev–Trinajstić information content (AvgIpc) is 3.92. The van der Waals surface area contributed by atoms with Crippen LogP contribution >= 0.6 is 0 Å². The van der Waals surface area contributed by atoms with Gasteiger partial charge in [-0.25, -0.2) is 0 Å². The SMILES string of the molecule is CC(C)(C)c1ccc2c(c1)c1cc(C(C)(C)C)ccc1n2-c1ccc2c(c1)c1ccccc1n2-c1cccc([Si]2(c3ccccc3)c3ccccc3[Si](c3ccccc3)(c3ccccc3)c3ccccc32)c1. The van der Waals surface area contributed by atoms with Gasteiger partial charge in [0.05, 0.1) is 22.1 Å². The minimum Gasteiger partial charge on any atom is -0.309 e. The van der Waals surface area contributed by atoms with Gasteiger partial charge in [0.2, 0.25) is 0 Å². The number of benzene rings is 10. The van der Waals surface area contributed by atoms with Crippen molar-refractivity contribution in [3.8, 4) is 11.4 Å². The highest BCUT2D eigenvalue weighted by molar-refractivity contribution is 7.32. The van der Waals surface area contributed by atoms with Crippen molar-refractivity contribution in [3.63, 3.8) is 0 Å². The summed E-state index contributed by atoms with van der Waals surface area (Å²) in [6.45, 7) is 13.9. The van der Waals surface area contributed by atoms with Crippen molar-refractivity contribution in [1.82, 2.24) is 9.13 Å². The van der Waals surface area contributed by atoms with Gasteiger partial charge in [0, 0.05) is 32.9 Å². The zero-order valence-corrected chi connectivity index (χ0v) is 44.0. The lowest BCUT2D eigenvalue weighted by atomic mass is 9.85. The predicted molar refractivity (Wildman–Crippen MR) is 313 cm³/mol. The van der Waals surface area contributed by atoms with Gasteiger partial charge in [-0.2, -0.15) is 0 Å². The van der Waals surface area contributed by atoms with Crippen LogP contribution in [0.5, 0.6) is 0 Å². The van der Waals surface area contributed by atoms with E-state index in [4.69, 9.17) is 0 Å². The summed E-state index contributed by atoms with van der Waals surface area (Å²) in [5.41, 5.74) is 9.97. The number of hydrogen-bond donors (Lipinski definition) is 0. The molecule has 0 atom stereocenters. The normalized spacial score (nSPS) is 14.2. The molecule has 0 spiro atoms. The molecule has 12 aromatic rings. The highest BCUT2D eigenvalue weighted by Crippen LogP contribution is 2.40. The molecule has 0 saturated carbocycles. The molecule has 0 unspecified atom stereocenters. The van der Waals surface area contributed by atoms with Crippen LogP contribution in [0.3, 0.4) is 0 Å². The van der Waals surface area contributed by atoms with Crippen molar-refractivity contribution in [2.75, 3.05) is 0 Å². The molecule has 1 aliphatic rings. The number of para-hydroxylation sites is 1. The molecule has 2 nitrogen and oxygen atoms in total. The van der Waals surface area contributed by atoms with E-state index in [0.29, 0.717) is 0 Å². The van der Waals surface area contributed by atoms with Crippen LogP contribution in [0.2, 0.25) is 0 Å². The van der Waals surface area contributed by atoms with E-state index in [9.17, 15) is 0 Å². The molecule has 3 heterocycles. The quantitative estimate of drug-likeness (QED) is 0.147. The average molecular weight is 959 g/mol. The summed E-state index contributed by atoms with van der Waals surface area (Å²) in [4.78, 5) is 0. The Bertz CT molecular complexity index is 3900. The molecule has 0 fully saturated rings. The maximum atomic E-state index is 2.55. The number of fused-ring (bicyclic) bond motifs is 8. The first kappa shape index (κ1) is 44.2. The largest absolute Gasteiger partial charge is 0.309 e. The Morgan fingerprint density at radius 3 is 1.07 bits per heavy atom. The third kappa shape index (κ3) is 6.45. The zero-order valence-electron chi connectivity index (χ0n) is 42.0. The van der Waals surface area contributed by atoms with Crippen LogP contribution in [0.1, 0.15) is 52.7 Å². The van der Waals surface area contributed by atoms with Crippen LogP contribution in [-0.4, -0.2) is 25.3 Å². The second-order valence-electron chi connectivity index (χ2n) is 22.1. The first-order valence-corrected chi connectivity index (χ1v) is 29.6. The van der Waals surface area contributed by atoms with Crippen molar-refractivity contribution >= 4 is 101 Å². The Balaban J connectivity index is 1.06. The van der Waals surface area contributed by atoms with E-state index in [1.165, 1.54) is 108 Å². The van der Waals surface area contributed by atoms with Crippen molar-refractivity contribution in [2.45, 2.75) is 52.4 Å². The molecular weight excluding hydrogens is 901 g/mol. The van der Waals surface area contributed by atoms with Gasteiger partial charge in [0.1, 0.15) is 0 Å². The minimum atomic E-state index is -3.02. The van der Waals surface area contributed by atoms with Gasteiger partial charge >= 0.3 is 0 Å². The Morgan fingerprint density at radius 2 is 0.611 bits per heavy atom. The molecule has 0 saturated heterocycles. The summed E-state index contributed by atoms with van der Waals surface area (Å²) >= 11 is 0. The summed E-state index contributed by atoms with van der Waals surface area (Å²) in [5, 5.41) is 16.6. The summed E-state index contributed by atoms with van der Waals surface area (Å²) in [6, 6.07) is 93.6. The number of nitrogens with zero attached hydrogens (tertiary/aromatic N) is 2. The van der Waals surface area contributed by atoms with Crippen LogP contribution in [0, 0.1) is 0 Å². The van der Waals surface area contributed by atoms with Gasteiger partial charge in [-0.3, -0.25) is 0 Å². The van der Waals surface area contributed by atoms with E-state index in [2.05, 4.69) is 293 Å². The van der Waals surface area contributed by atoms with Crippen LogP contribution in [0.15, 0.2) is 243 Å². The third-order valence-corrected chi connectivity index (χ3v) is 26.3. The first-order valence-electron chi connectivity index (χ1n) is 25.6. The molecular formula is C68H58N2Si2. The molecule has 13 rings (SSSR count). The van der Waals surface area contributed by atoms with Gasteiger partial charge < -0.3 is 9.13 Å². The van der Waals surface area contributed by atoms with E-state index in [1.807, 2.05) is 0 Å². The van der Waals surface area contributed by atoms with Crippen LogP contribution in [0.4, 0.5) is 0 Å². The van der Waals surface area contributed by atoms with Crippen LogP contribution in [-0.2, 0) is 10.8 Å². The van der Waals surface area contributed by atoms with Crippen LogP contribution in [0.25, 0.3) is 55.0 Å². The summed E-state index contributed by atoms with van der Waals surface area (Å²) < 4.78 is 5.02. The highest BCUT2D eigenvalue weighted by Gasteiger charge is 2.56. The fourth-order valence-electron chi connectivity index (χ4n) is 12.7. The fourth-order valence-corrected chi connectivity index (χ4v) is 24.8. The highest BCUT2D eigenvalue weighted by atomic mass is 28.3. The standard InChI is InChI=1S/C68H58N2Si2/c1-67(2,3)47-37-40-60-56(43-47)57-44-48(68(4,5)6)38-41-61(57)70(60)50-39-42-62-58(46-50)55-31-16-17-32-59(55)69(62)49-23-22-30-54(45-49)72(53-28-14-9-15-29-53)65-35-20-18-33-63(65)71(51-24-10-7-11-25-51,52-26-12-8-13-27-52)64-34-19-21-36-66(64)72/h7-46H,1-6H3. The lowest BCUT2D eigenvalue weighted by Gasteiger charge is -2.48. The van der Waals surface area contributed by atoms with E-state index >= 15 is 0 Å². The number of hydrogen-bond acceptors (Lipinski definition) is 0. The molecule has 0 bridgehead atoms. The Hall–Kier alpha value is -7.77. The molecule has 2 aromatic heterocycles. The lowest BCUT2D eigenvalue weighted by molar-refractivity contribution is 0.590. The molecule has 0 aliphatic carbocycles. The van der Waals surface area contributed by atoms with Gasteiger partial charge in [0.25, 0.3) is 0 Å². The predicted octanol–water partition coefficient (Wildman–Crippen LogP) is 11.5. The maximum Gasteiger partial charge on any atom is 0.179 e. The zero-order chi connectivity index (χ0) is 49.0. The molecule has 0 amide bonds. The van der Waals surface area contributed by atoms with E-state index < -0.39 is 16.1 Å². The van der Waals surface area contributed by atoms with E-state index in [1.54, 1.807) is 0 Å². The molecule has 0 radical (unpaired) electrons. The topological polar surface area (TPSA) is 9.86 Å². The maximum absolute atomic E-state index is 3.02. The monoisotopic (exact) mass is 958 g/mol. The molecule has 72 heavy (non-hydrogen) atoms. The number of rotatable bonds is 6. The number of aromatic nitrogens is 2. The molecule has 10 aromatic carbocycles. The van der Waals surface area contributed by atoms with E-state index in [-0.39, 0.29) is 10.8 Å². The van der Waals surface area contributed by atoms with Gasteiger partial charge in [-0.1, -0.05) is 224 Å². The minimum absolute atomic E-state index is 0.0336. The van der Waals surface area contributed by atoms with Crippen molar-refractivity contribution in [1.29, 1.82) is 0 Å². The second kappa shape index (κ2) is 16.4. The summed E-state index contributed by atoms with van der Waals surface area (Å²) in [7, 11) is -5.85. The molecule has 4 heteroatoms. The van der Waals surface area contributed by atoms with E-state index in [0.717, 1.165) is 0 Å². The Kier molecular flexibility index (Phi) is 10.1. The smallest absolute Gasteiger partial charge is 0.179 e. The lowest BCUT2D eigenvalue weighted by Crippen LogP contribution is -2.93. The first-order chi connectivity index (χ1) is 35.0. The Labute approximate surface area is 425 Å². The van der Waals surface area contributed by atoms with Gasteiger partial charge in [0.15, 0.2) is 16.1 Å². The van der Waals surface area contributed by atoms with Crippen molar-refractivity contribution in [2.24, 2.45) is 0 Å². The Morgan fingerprint density at radius 1 is 0.264 bits per heavy atom. The fraction of sp³-hybridized carbons (Fsp3) is 0.118. The molecule has 348 valence electrons. The van der Waals surface area contributed by atoms with Crippen LogP contribution < -0.4 is 41.5 Å². The summed E-state index contributed by atoms with van der Waals surface area (Å²) in [5.74, 6) is 0. The molecule has 1 aliphatic heterocycles.